The molecular formula is C13H21NO2S. The first-order valence-corrected chi connectivity index (χ1v) is 8.01. The largest absolute Gasteiger partial charge is 0.298 e. The molecule has 0 aliphatic rings. The van der Waals surface area contributed by atoms with E-state index in [1.165, 1.54) is 11.8 Å². The Bertz CT molecular complexity index is 414. The molecule has 1 aromatic carbocycles. The van der Waals surface area contributed by atoms with Crippen LogP contribution >= 0.6 is 0 Å². The molecule has 0 unspecified atom stereocenters. The van der Waals surface area contributed by atoms with Crippen molar-refractivity contribution in [2.45, 2.75) is 19.9 Å². The van der Waals surface area contributed by atoms with Crippen molar-refractivity contribution in [2.24, 2.45) is 0 Å². The molecular weight excluding hydrogens is 234 g/mol. The summed E-state index contributed by atoms with van der Waals surface area (Å²) in [4.78, 5) is 2.19. The fourth-order valence-electron chi connectivity index (χ4n) is 1.72. The van der Waals surface area contributed by atoms with Gasteiger partial charge in [0.05, 0.1) is 5.75 Å². The molecule has 0 saturated carbocycles. The van der Waals surface area contributed by atoms with E-state index in [1.807, 2.05) is 18.2 Å². The van der Waals surface area contributed by atoms with E-state index >= 15 is 0 Å². The Kier molecular flexibility index (Phi) is 5.65. The summed E-state index contributed by atoms with van der Waals surface area (Å²) >= 11 is 0. The zero-order valence-corrected chi connectivity index (χ0v) is 11.4. The molecule has 0 aliphatic heterocycles. The Balaban J connectivity index is 2.54. The van der Waals surface area contributed by atoms with Crippen LogP contribution in [0.25, 0.3) is 0 Å². The van der Waals surface area contributed by atoms with E-state index in [0.717, 1.165) is 19.5 Å². The Morgan fingerprint density at radius 3 is 2.29 bits per heavy atom. The Morgan fingerprint density at radius 2 is 1.76 bits per heavy atom. The topological polar surface area (TPSA) is 37.4 Å². The summed E-state index contributed by atoms with van der Waals surface area (Å²) < 4.78 is 22.3. The molecule has 0 saturated heterocycles. The minimum atomic E-state index is -2.87. The monoisotopic (exact) mass is 255 g/mol. The van der Waals surface area contributed by atoms with Crippen molar-refractivity contribution >= 4 is 9.84 Å². The average Bonchev–Trinajstić information content (AvgIpc) is 2.27. The first-order chi connectivity index (χ1) is 8.01. The SMILES string of the molecule is CCCN(CCS(C)(=O)=O)Cc1ccccc1. The summed E-state index contributed by atoms with van der Waals surface area (Å²) in [6.07, 6.45) is 2.33. The van der Waals surface area contributed by atoms with Gasteiger partial charge in [-0.3, -0.25) is 4.90 Å². The van der Waals surface area contributed by atoms with Crippen molar-refractivity contribution < 1.29 is 8.42 Å². The van der Waals surface area contributed by atoms with Crippen molar-refractivity contribution in [3.8, 4) is 0 Å². The lowest BCUT2D eigenvalue weighted by Gasteiger charge is -2.21. The van der Waals surface area contributed by atoms with Crippen LogP contribution < -0.4 is 0 Å². The molecule has 0 aromatic heterocycles. The predicted octanol–water partition coefficient (Wildman–Crippen LogP) is 1.94. The van der Waals surface area contributed by atoms with E-state index in [0.29, 0.717) is 6.54 Å². The highest BCUT2D eigenvalue weighted by Crippen LogP contribution is 2.05. The zero-order valence-electron chi connectivity index (χ0n) is 10.6. The van der Waals surface area contributed by atoms with Gasteiger partial charge in [0.15, 0.2) is 0 Å². The van der Waals surface area contributed by atoms with E-state index in [-0.39, 0.29) is 5.75 Å². The molecule has 0 amide bonds. The lowest BCUT2D eigenvalue weighted by Crippen LogP contribution is -2.29. The second kappa shape index (κ2) is 6.77. The third-order valence-corrected chi connectivity index (χ3v) is 3.49. The smallest absolute Gasteiger partial charge is 0.148 e. The van der Waals surface area contributed by atoms with Crippen LogP contribution in [-0.4, -0.2) is 38.4 Å². The third kappa shape index (κ3) is 6.44. The summed E-state index contributed by atoms with van der Waals surface area (Å²) in [5.74, 6) is 0.236. The van der Waals surface area contributed by atoms with E-state index in [9.17, 15) is 8.42 Å². The maximum atomic E-state index is 11.2. The average molecular weight is 255 g/mol. The fraction of sp³-hybridized carbons (Fsp3) is 0.538. The van der Waals surface area contributed by atoms with Gasteiger partial charge >= 0.3 is 0 Å². The third-order valence-electron chi connectivity index (χ3n) is 2.57. The van der Waals surface area contributed by atoms with Crippen molar-refractivity contribution in [3.63, 3.8) is 0 Å². The normalized spacial score (nSPS) is 11.9. The van der Waals surface area contributed by atoms with Gasteiger partial charge in [-0.1, -0.05) is 37.3 Å². The molecule has 0 bridgehead atoms. The number of sulfone groups is 1. The highest BCUT2D eigenvalue weighted by molar-refractivity contribution is 7.90. The number of hydrogen-bond donors (Lipinski definition) is 0. The molecule has 0 N–H and O–H groups in total. The number of nitrogens with zero attached hydrogens (tertiary/aromatic N) is 1. The fourth-order valence-corrected chi connectivity index (χ4v) is 2.31. The van der Waals surface area contributed by atoms with Crippen LogP contribution in [0.15, 0.2) is 30.3 Å². The maximum absolute atomic E-state index is 11.2. The lowest BCUT2D eigenvalue weighted by molar-refractivity contribution is 0.281. The van der Waals surface area contributed by atoms with E-state index in [2.05, 4.69) is 24.0 Å². The Morgan fingerprint density at radius 1 is 1.12 bits per heavy atom. The van der Waals surface area contributed by atoms with E-state index < -0.39 is 9.84 Å². The molecule has 1 rings (SSSR count). The summed E-state index contributed by atoms with van der Waals surface area (Å²) in [5, 5.41) is 0. The van der Waals surface area contributed by atoms with Gasteiger partial charge in [0.2, 0.25) is 0 Å². The molecule has 96 valence electrons. The standard InChI is InChI=1S/C13H21NO2S/c1-3-9-14(10-11-17(2,15)16)12-13-7-5-4-6-8-13/h4-8H,3,9-12H2,1-2H3. The molecule has 0 spiro atoms. The second-order valence-electron chi connectivity index (χ2n) is 4.39. The summed E-state index contributed by atoms with van der Waals surface area (Å²) in [6.45, 7) is 4.48. The molecule has 0 heterocycles. The summed E-state index contributed by atoms with van der Waals surface area (Å²) in [5.41, 5.74) is 1.23. The van der Waals surface area contributed by atoms with Gasteiger partial charge in [0.25, 0.3) is 0 Å². The maximum Gasteiger partial charge on any atom is 0.148 e. The molecule has 3 nitrogen and oxygen atoms in total. The van der Waals surface area contributed by atoms with Crippen LogP contribution in [-0.2, 0) is 16.4 Å². The highest BCUT2D eigenvalue weighted by Gasteiger charge is 2.09. The predicted molar refractivity (Wildman–Crippen MR) is 71.7 cm³/mol. The van der Waals surface area contributed by atoms with E-state index in [1.54, 1.807) is 0 Å². The van der Waals surface area contributed by atoms with Crippen LogP contribution in [0.2, 0.25) is 0 Å². The van der Waals surface area contributed by atoms with Crippen molar-refractivity contribution in [1.82, 2.24) is 4.90 Å². The van der Waals surface area contributed by atoms with Crippen molar-refractivity contribution in [2.75, 3.05) is 25.1 Å². The van der Waals surface area contributed by atoms with Gasteiger partial charge in [0.1, 0.15) is 9.84 Å². The number of rotatable bonds is 7. The zero-order chi connectivity index (χ0) is 12.7. The molecule has 17 heavy (non-hydrogen) atoms. The van der Waals surface area contributed by atoms with Gasteiger partial charge in [-0.15, -0.1) is 0 Å². The summed E-state index contributed by atoms with van der Waals surface area (Å²) in [7, 11) is -2.87. The highest BCUT2D eigenvalue weighted by atomic mass is 32.2. The van der Waals surface area contributed by atoms with Crippen LogP contribution in [0.5, 0.6) is 0 Å². The quantitative estimate of drug-likeness (QED) is 0.747. The molecule has 1 aromatic rings. The van der Waals surface area contributed by atoms with Gasteiger partial charge in [-0.05, 0) is 18.5 Å². The first kappa shape index (κ1) is 14.2. The molecule has 0 radical (unpaired) electrons. The van der Waals surface area contributed by atoms with E-state index in [4.69, 9.17) is 0 Å². The number of benzene rings is 1. The molecule has 0 aliphatic carbocycles. The summed E-state index contributed by atoms with van der Waals surface area (Å²) in [6, 6.07) is 10.2. The second-order valence-corrected chi connectivity index (χ2v) is 6.65. The van der Waals surface area contributed by atoms with Gasteiger partial charge in [-0.2, -0.15) is 0 Å². The van der Waals surface area contributed by atoms with Gasteiger partial charge < -0.3 is 0 Å². The number of hydrogen-bond acceptors (Lipinski definition) is 3. The van der Waals surface area contributed by atoms with Gasteiger partial charge in [0, 0.05) is 19.3 Å². The Hall–Kier alpha value is -0.870. The van der Waals surface area contributed by atoms with Crippen molar-refractivity contribution in [1.29, 1.82) is 0 Å². The molecule has 0 atom stereocenters. The van der Waals surface area contributed by atoms with Gasteiger partial charge in [-0.25, -0.2) is 8.42 Å². The molecule has 4 heteroatoms. The van der Waals surface area contributed by atoms with Crippen LogP contribution in [0, 0.1) is 0 Å². The van der Waals surface area contributed by atoms with Crippen LogP contribution in [0.1, 0.15) is 18.9 Å². The van der Waals surface area contributed by atoms with Crippen LogP contribution in [0.4, 0.5) is 0 Å². The first-order valence-electron chi connectivity index (χ1n) is 5.95. The minimum absolute atomic E-state index is 0.236. The van der Waals surface area contributed by atoms with Crippen LogP contribution in [0.3, 0.4) is 0 Å². The van der Waals surface area contributed by atoms with Crippen molar-refractivity contribution in [3.05, 3.63) is 35.9 Å². The lowest BCUT2D eigenvalue weighted by atomic mass is 10.2. The Labute approximate surface area is 104 Å². The minimum Gasteiger partial charge on any atom is -0.298 e. The molecule has 0 fully saturated rings.